The third kappa shape index (κ3) is 2.38. The Morgan fingerprint density at radius 3 is 2.31 bits per heavy atom. The van der Waals surface area contributed by atoms with E-state index in [1.54, 1.807) is 11.1 Å². The second kappa shape index (κ2) is 6.04. The average molecular weight is 387 g/mol. The first-order valence-corrected chi connectivity index (χ1v) is 9.68. The molecule has 2 aromatic carbocycles. The molecule has 2 saturated heterocycles. The quantitative estimate of drug-likeness (QED) is 0.802. The van der Waals surface area contributed by atoms with Crippen LogP contribution in [0, 0.1) is 25.7 Å². The molecule has 3 heterocycles. The van der Waals surface area contributed by atoms with Crippen molar-refractivity contribution in [3.63, 3.8) is 0 Å². The predicted octanol–water partition coefficient (Wildman–Crippen LogP) is 2.30. The molecule has 0 radical (unpaired) electrons. The third-order valence-electron chi connectivity index (χ3n) is 6.22. The van der Waals surface area contributed by atoms with Crippen molar-refractivity contribution < 1.29 is 14.4 Å². The van der Waals surface area contributed by atoms with Crippen LogP contribution >= 0.6 is 0 Å². The minimum absolute atomic E-state index is 0.270. The van der Waals surface area contributed by atoms with Crippen molar-refractivity contribution in [3.8, 4) is 0 Å². The molecule has 0 aliphatic carbocycles. The molecule has 0 aromatic heterocycles. The van der Waals surface area contributed by atoms with E-state index in [-0.39, 0.29) is 17.9 Å². The van der Waals surface area contributed by atoms with Crippen LogP contribution in [0.2, 0.25) is 0 Å². The molecular formula is C23H21N3O3. The molecule has 146 valence electrons. The maximum absolute atomic E-state index is 13.6. The van der Waals surface area contributed by atoms with E-state index in [0.717, 1.165) is 22.3 Å². The molecule has 2 N–H and O–H groups in total. The number of fused-ring (bicyclic) bond motifs is 5. The number of anilines is 1. The normalized spacial score (nSPS) is 27.1. The van der Waals surface area contributed by atoms with Gasteiger partial charge >= 0.3 is 0 Å². The van der Waals surface area contributed by atoms with E-state index in [4.69, 9.17) is 5.73 Å². The lowest BCUT2D eigenvalue weighted by Crippen LogP contribution is -2.46. The number of aryl methyl sites for hydroxylation is 2. The van der Waals surface area contributed by atoms with Crippen molar-refractivity contribution in [1.82, 2.24) is 4.90 Å². The molecule has 0 unspecified atom stereocenters. The van der Waals surface area contributed by atoms with E-state index in [1.165, 1.54) is 4.90 Å². The van der Waals surface area contributed by atoms with Crippen LogP contribution in [0.25, 0.3) is 6.08 Å². The zero-order valence-electron chi connectivity index (χ0n) is 16.2. The summed E-state index contributed by atoms with van der Waals surface area (Å²) in [4.78, 5) is 42.4. The highest BCUT2D eigenvalue weighted by atomic mass is 16.2. The van der Waals surface area contributed by atoms with E-state index < -0.39 is 23.8 Å². The van der Waals surface area contributed by atoms with Crippen LogP contribution in [-0.2, 0) is 14.4 Å². The first-order valence-electron chi connectivity index (χ1n) is 9.68. The SMILES string of the molecule is Cc1cc(C)cc(N2C(=O)[C@@H]3[C@H](C2=O)[C@H](C(N)=O)N2C=Cc4ccccc4[C@@H]32)c1. The van der Waals surface area contributed by atoms with E-state index in [9.17, 15) is 14.4 Å². The largest absolute Gasteiger partial charge is 0.368 e. The lowest BCUT2D eigenvalue weighted by atomic mass is 9.84. The van der Waals surface area contributed by atoms with Crippen molar-refractivity contribution in [2.75, 3.05) is 4.90 Å². The van der Waals surface area contributed by atoms with Crippen molar-refractivity contribution >= 4 is 29.5 Å². The predicted molar refractivity (Wildman–Crippen MR) is 108 cm³/mol. The van der Waals surface area contributed by atoms with Crippen molar-refractivity contribution in [3.05, 3.63) is 70.9 Å². The molecule has 29 heavy (non-hydrogen) atoms. The molecule has 3 aliphatic rings. The van der Waals surface area contributed by atoms with Gasteiger partial charge in [0, 0.05) is 6.20 Å². The van der Waals surface area contributed by atoms with Crippen molar-refractivity contribution in [1.29, 1.82) is 0 Å². The third-order valence-corrected chi connectivity index (χ3v) is 6.22. The number of benzene rings is 2. The van der Waals surface area contributed by atoms with Gasteiger partial charge in [0.05, 0.1) is 23.6 Å². The minimum Gasteiger partial charge on any atom is -0.368 e. The molecule has 2 aromatic rings. The first kappa shape index (κ1) is 17.7. The number of hydrogen-bond donors (Lipinski definition) is 1. The van der Waals surface area contributed by atoms with Crippen molar-refractivity contribution in [2.45, 2.75) is 25.9 Å². The number of nitrogens with zero attached hydrogens (tertiary/aromatic N) is 2. The summed E-state index contributed by atoms with van der Waals surface area (Å²) in [6.07, 6.45) is 3.70. The molecule has 3 aliphatic heterocycles. The van der Waals surface area contributed by atoms with E-state index in [0.29, 0.717) is 5.69 Å². The van der Waals surface area contributed by atoms with Gasteiger partial charge in [0.15, 0.2) is 0 Å². The fraction of sp³-hybridized carbons (Fsp3) is 0.261. The van der Waals surface area contributed by atoms with Crippen LogP contribution in [0.15, 0.2) is 48.7 Å². The summed E-state index contributed by atoms with van der Waals surface area (Å²) in [6, 6.07) is 12.2. The minimum atomic E-state index is -0.845. The number of carbonyl (C=O) groups excluding carboxylic acids is 3. The Balaban J connectivity index is 1.66. The second-order valence-corrected chi connectivity index (χ2v) is 8.09. The Morgan fingerprint density at radius 2 is 1.62 bits per heavy atom. The highest BCUT2D eigenvalue weighted by Crippen LogP contribution is 2.53. The number of amides is 3. The summed E-state index contributed by atoms with van der Waals surface area (Å²) in [6.45, 7) is 3.86. The van der Waals surface area contributed by atoms with Crippen molar-refractivity contribution in [2.24, 2.45) is 17.6 Å². The molecule has 3 amide bonds. The zero-order chi connectivity index (χ0) is 20.4. The lowest BCUT2D eigenvalue weighted by molar-refractivity contribution is -0.129. The molecule has 6 nitrogen and oxygen atoms in total. The van der Waals surface area contributed by atoms with Crippen LogP contribution in [0.5, 0.6) is 0 Å². The highest BCUT2D eigenvalue weighted by Gasteiger charge is 2.64. The summed E-state index contributed by atoms with van der Waals surface area (Å²) in [5.74, 6) is -2.65. The van der Waals surface area contributed by atoms with Gasteiger partial charge in [-0.15, -0.1) is 0 Å². The van der Waals surface area contributed by atoms with Crippen LogP contribution in [-0.4, -0.2) is 28.7 Å². The molecule has 0 bridgehead atoms. The Hall–Kier alpha value is -3.41. The number of hydrogen-bond acceptors (Lipinski definition) is 4. The molecule has 6 heteroatoms. The molecule has 2 fully saturated rings. The summed E-state index contributed by atoms with van der Waals surface area (Å²) in [7, 11) is 0. The summed E-state index contributed by atoms with van der Waals surface area (Å²) >= 11 is 0. The summed E-state index contributed by atoms with van der Waals surface area (Å²) in [5.41, 5.74) is 10.1. The Kier molecular flexibility index (Phi) is 3.68. The summed E-state index contributed by atoms with van der Waals surface area (Å²) < 4.78 is 0. The van der Waals surface area contributed by atoms with E-state index in [1.807, 2.05) is 62.4 Å². The number of imide groups is 1. The van der Waals surface area contributed by atoms with E-state index >= 15 is 0 Å². The topological polar surface area (TPSA) is 83.7 Å². The van der Waals surface area contributed by atoms with Crippen LogP contribution in [0.4, 0.5) is 5.69 Å². The monoisotopic (exact) mass is 387 g/mol. The standard InChI is InChI=1S/C23H21N3O3/c1-12-9-13(2)11-15(10-12)26-22(28)17-18(23(26)29)20(21(24)27)25-8-7-14-5-3-4-6-16(14)19(17)25/h3-11,17-20H,1-2H3,(H2,24,27)/t17-,18+,19+,20-/m1/s1. The van der Waals surface area contributed by atoms with Gasteiger partial charge in [-0.1, -0.05) is 30.3 Å². The van der Waals surface area contributed by atoms with Gasteiger partial charge in [-0.2, -0.15) is 0 Å². The van der Waals surface area contributed by atoms with Gasteiger partial charge < -0.3 is 10.6 Å². The average Bonchev–Trinajstić information content (AvgIpc) is 3.14. The number of rotatable bonds is 2. The first-order chi connectivity index (χ1) is 13.9. The van der Waals surface area contributed by atoms with Gasteiger partial charge in [0.25, 0.3) is 0 Å². The van der Waals surface area contributed by atoms with E-state index in [2.05, 4.69) is 0 Å². The highest BCUT2D eigenvalue weighted by molar-refractivity contribution is 6.24. The van der Waals surface area contributed by atoms with Crippen LogP contribution < -0.4 is 10.6 Å². The Bertz CT molecular complexity index is 1090. The van der Waals surface area contributed by atoms with Crippen LogP contribution in [0.3, 0.4) is 0 Å². The number of nitrogens with two attached hydrogens (primary N) is 1. The zero-order valence-corrected chi connectivity index (χ0v) is 16.2. The number of primary amides is 1. The van der Waals surface area contributed by atoms with Gasteiger partial charge in [-0.3, -0.25) is 14.4 Å². The van der Waals surface area contributed by atoms with Gasteiger partial charge in [-0.25, -0.2) is 4.90 Å². The van der Waals surface area contributed by atoms with Gasteiger partial charge in [0.2, 0.25) is 17.7 Å². The Morgan fingerprint density at radius 1 is 0.966 bits per heavy atom. The maximum Gasteiger partial charge on any atom is 0.240 e. The van der Waals surface area contributed by atoms with Gasteiger partial charge in [-0.05, 0) is 54.3 Å². The smallest absolute Gasteiger partial charge is 0.240 e. The molecule has 4 atom stereocenters. The Labute approximate surface area is 168 Å². The fourth-order valence-electron chi connectivity index (χ4n) is 5.22. The fourth-order valence-corrected chi connectivity index (χ4v) is 5.22. The van der Waals surface area contributed by atoms with Gasteiger partial charge in [0.1, 0.15) is 6.04 Å². The second-order valence-electron chi connectivity index (χ2n) is 8.09. The summed E-state index contributed by atoms with van der Waals surface area (Å²) in [5, 5.41) is 0. The molecule has 0 saturated carbocycles. The number of carbonyl (C=O) groups is 3. The maximum atomic E-state index is 13.6. The lowest BCUT2D eigenvalue weighted by Gasteiger charge is -2.34. The molecular weight excluding hydrogens is 366 g/mol. The van der Waals surface area contributed by atoms with Crippen LogP contribution in [0.1, 0.15) is 28.3 Å². The molecule has 5 rings (SSSR count). The molecule has 0 spiro atoms.